The van der Waals surface area contributed by atoms with Gasteiger partial charge in [-0.2, -0.15) is 0 Å². The second kappa shape index (κ2) is 6.11. The summed E-state index contributed by atoms with van der Waals surface area (Å²) >= 11 is 3.55. The number of halogens is 1. The minimum absolute atomic E-state index is 0.0886. The lowest BCUT2D eigenvalue weighted by atomic mass is 10.0. The molecule has 3 nitrogen and oxygen atoms in total. The highest BCUT2D eigenvalue weighted by atomic mass is 79.9. The number of aliphatic hydroxyl groups is 1. The molecule has 0 aliphatic rings. The first kappa shape index (κ1) is 13.3. The van der Waals surface area contributed by atoms with Crippen molar-refractivity contribution >= 4 is 15.9 Å². The molecule has 4 heteroatoms. The summed E-state index contributed by atoms with van der Waals surface area (Å²) in [5.41, 5.74) is 2.11. The lowest BCUT2D eigenvalue weighted by Crippen LogP contribution is -2.02. The van der Waals surface area contributed by atoms with E-state index >= 15 is 0 Å². The number of benzene rings is 1. The Balaban J connectivity index is 3.38. The fourth-order valence-corrected chi connectivity index (χ4v) is 2.47. The molecule has 0 radical (unpaired) electrons. The van der Waals surface area contributed by atoms with Crippen molar-refractivity contribution in [1.82, 2.24) is 0 Å². The predicted molar refractivity (Wildman–Crippen MR) is 67.4 cm³/mol. The highest BCUT2D eigenvalue weighted by Crippen LogP contribution is 2.39. The summed E-state index contributed by atoms with van der Waals surface area (Å²) in [6, 6.07) is 1.96. The van der Waals surface area contributed by atoms with Gasteiger partial charge in [-0.15, -0.1) is 0 Å². The van der Waals surface area contributed by atoms with E-state index in [4.69, 9.17) is 14.6 Å². The predicted octanol–water partition coefficient (Wildman–Crippen LogP) is 2.56. The molecule has 1 aromatic rings. The quantitative estimate of drug-likeness (QED) is 0.905. The maximum absolute atomic E-state index is 9.07. The molecule has 90 valence electrons. The number of methoxy groups -OCH3 is 2. The molecule has 0 unspecified atom stereocenters. The van der Waals surface area contributed by atoms with Crippen LogP contribution in [0.1, 0.15) is 18.1 Å². The molecule has 0 amide bonds. The van der Waals surface area contributed by atoms with Crippen LogP contribution in [0.4, 0.5) is 0 Å². The minimum Gasteiger partial charge on any atom is -0.493 e. The van der Waals surface area contributed by atoms with E-state index in [0.717, 1.165) is 22.0 Å². The largest absolute Gasteiger partial charge is 0.493 e. The molecule has 1 aromatic carbocycles. The van der Waals surface area contributed by atoms with E-state index in [2.05, 4.69) is 22.9 Å². The van der Waals surface area contributed by atoms with Crippen LogP contribution in [0.3, 0.4) is 0 Å². The van der Waals surface area contributed by atoms with Crippen molar-refractivity contribution in [3.8, 4) is 11.5 Å². The third kappa shape index (κ3) is 2.50. The van der Waals surface area contributed by atoms with Crippen molar-refractivity contribution in [2.24, 2.45) is 0 Å². The molecule has 0 spiro atoms. The van der Waals surface area contributed by atoms with E-state index in [1.165, 1.54) is 0 Å². The molecule has 0 aliphatic carbocycles. The van der Waals surface area contributed by atoms with Crippen LogP contribution in [-0.2, 0) is 12.8 Å². The first-order valence-electron chi connectivity index (χ1n) is 5.22. The molecule has 0 aromatic heterocycles. The van der Waals surface area contributed by atoms with Crippen LogP contribution < -0.4 is 9.47 Å². The molecule has 0 bridgehead atoms. The standard InChI is InChI=1S/C12H17BrO3/c1-4-8-7-10(15-2)12(16-3)9(5-6-14)11(8)13/h7,14H,4-6H2,1-3H3. The number of hydrogen-bond acceptors (Lipinski definition) is 3. The van der Waals surface area contributed by atoms with E-state index in [1.54, 1.807) is 14.2 Å². The molecule has 0 aliphatic heterocycles. The van der Waals surface area contributed by atoms with Gasteiger partial charge in [0.25, 0.3) is 0 Å². The zero-order valence-corrected chi connectivity index (χ0v) is 11.4. The number of hydrogen-bond donors (Lipinski definition) is 1. The molecule has 0 fully saturated rings. The first-order chi connectivity index (χ1) is 7.69. The highest BCUT2D eigenvalue weighted by Gasteiger charge is 2.16. The van der Waals surface area contributed by atoms with Gasteiger partial charge in [0, 0.05) is 23.1 Å². The van der Waals surface area contributed by atoms with E-state index in [-0.39, 0.29) is 6.61 Å². The van der Waals surface area contributed by atoms with E-state index in [1.807, 2.05) is 6.07 Å². The lowest BCUT2D eigenvalue weighted by Gasteiger charge is -2.16. The van der Waals surface area contributed by atoms with Gasteiger partial charge in [0.05, 0.1) is 14.2 Å². The minimum atomic E-state index is 0.0886. The average Bonchev–Trinajstić information content (AvgIpc) is 2.31. The van der Waals surface area contributed by atoms with Crippen molar-refractivity contribution in [3.63, 3.8) is 0 Å². The first-order valence-corrected chi connectivity index (χ1v) is 6.01. The maximum Gasteiger partial charge on any atom is 0.165 e. The van der Waals surface area contributed by atoms with Crippen LogP contribution in [-0.4, -0.2) is 25.9 Å². The van der Waals surface area contributed by atoms with Crippen LogP contribution in [0.15, 0.2) is 10.5 Å². The van der Waals surface area contributed by atoms with E-state index < -0.39 is 0 Å². The Morgan fingerprint density at radius 3 is 2.44 bits per heavy atom. The Morgan fingerprint density at radius 2 is 2.00 bits per heavy atom. The van der Waals surface area contributed by atoms with Gasteiger partial charge in [-0.05, 0) is 18.1 Å². The maximum atomic E-state index is 9.07. The number of aryl methyl sites for hydroxylation is 1. The van der Waals surface area contributed by atoms with Crippen molar-refractivity contribution in [3.05, 3.63) is 21.7 Å². The van der Waals surface area contributed by atoms with Gasteiger partial charge in [-0.3, -0.25) is 0 Å². The summed E-state index contributed by atoms with van der Waals surface area (Å²) in [4.78, 5) is 0. The van der Waals surface area contributed by atoms with Crippen molar-refractivity contribution in [2.75, 3.05) is 20.8 Å². The van der Waals surface area contributed by atoms with Gasteiger partial charge in [-0.25, -0.2) is 0 Å². The summed E-state index contributed by atoms with van der Waals surface area (Å²) in [7, 11) is 3.23. The Kier molecular flexibility index (Phi) is 5.09. The van der Waals surface area contributed by atoms with E-state index in [9.17, 15) is 0 Å². The Labute approximate surface area is 105 Å². The fourth-order valence-electron chi connectivity index (χ4n) is 1.70. The molecule has 0 atom stereocenters. The topological polar surface area (TPSA) is 38.7 Å². The normalized spacial score (nSPS) is 10.3. The summed E-state index contributed by atoms with van der Waals surface area (Å²) in [6.07, 6.45) is 1.45. The monoisotopic (exact) mass is 288 g/mol. The third-order valence-corrected chi connectivity index (χ3v) is 3.50. The highest BCUT2D eigenvalue weighted by molar-refractivity contribution is 9.10. The Hall–Kier alpha value is -0.740. The van der Waals surface area contributed by atoms with Crippen LogP contribution in [0.5, 0.6) is 11.5 Å². The SMILES string of the molecule is CCc1cc(OC)c(OC)c(CCO)c1Br. The molecular formula is C12H17BrO3. The molecule has 0 saturated carbocycles. The van der Waals surface area contributed by atoms with Gasteiger partial charge in [0.1, 0.15) is 0 Å². The number of aliphatic hydroxyl groups excluding tert-OH is 1. The van der Waals surface area contributed by atoms with E-state index in [0.29, 0.717) is 17.9 Å². The van der Waals surface area contributed by atoms with Crippen molar-refractivity contribution in [2.45, 2.75) is 19.8 Å². The number of rotatable bonds is 5. The zero-order valence-electron chi connectivity index (χ0n) is 9.84. The van der Waals surface area contributed by atoms with Crippen LogP contribution in [0.2, 0.25) is 0 Å². The second-order valence-electron chi connectivity index (χ2n) is 3.39. The molecule has 1 rings (SSSR count). The van der Waals surface area contributed by atoms with Gasteiger partial charge in [-0.1, -0.05) is 22.9 Å². The molecule has 16 heavy (non-hydrogen) atoms. The van der Waals surface area contributed by atoms with Gasteiger partial charge in [0.2, 0.25) is 0 Å². The van der Waals surface area contributed by atoms with Crippen LogP contribution >= 0.6 is 15.9 Å². The Morgan fingerprint density at radius 1 is 1.31 bits per heavy atom. The molecule has 0 heterocycles. The lowest BCUT2D eigenvalue weighted by molar-refractivity contribution is 0.294. The zero-order chi connectivity index (χ0) is 12.1. The molecule has 0 saturated heterocycles. The molecular weight excluding hydrogens is 272 g/mol. The average molecular weight is 289 g/mol. The van der Waals surface area contributed by atoms with Crippen molar-refractivity contribution < 1.29 is 14.6 Å². The summed E-state index contributed by atoms with van der Waals surface area (Å²) in [6.45, 7) is 2.17. The number of ether oxygens (including phenoxy) is 2. The van der Waals surface area contributed by atoms with Gasteiger partial charge < -0.3 is 14.6 Å². The van der Waals surface area contributed by atoms with Gasteiger partial charge >= 0.3 is 0 Å². The van der Waals surface area contributed by atoms with Crippen LogP contribution in [0.25, 0.3) is 0 Å². The Bertz CT molecular complexity index is 364. The van der Waals surface area contributed by atoms with Crippen molar-refractivity contribution in [1.29, 1.82) is 0 Å². The summed E-state index contributed by atoms with van der Waals surface area (Å²) < 4.78 is 11.6. The third-order valence-electron chi connectivity index (χ3n) is 2.52. The summed E-state index contributed by atoms with van der Waals surface area (Å²) in [5, 5.41) is 9.07. The second-order valence-corrected chi connectivity index (χ2v) is 4.18. The smallest absolute Gasteiger partial charge is 0.165 e. The fraction of sp³-hybridized carbons (Fsp3) is 0.500. The molecule has 1 N–H and O–H groups in total. The van der Waals surface area contributed by atoms with Gasteiger partial charge in [0.15, 0.2) is 11.5 Å². The summed E-state index contributed by atoms with van der Waals surface area (Å²) in [5.74, 6) is 1.41. The van der Waals surface area contributed by atoms with Crippen LogP contribution in [0, 0.1) is 0 Å².